The van der Waals surface area contributed by atoms with E-state index in [0.717, 1.165) is 25.5 Å². The molecule has 0 spiro atoms. The minimum Gasteiger partial charge on any atom is -0.381 e. The Kier molecular flexibility index (Phi) is 1.98. The van der Waals surface area contributed by atoms with Crippen molar-refractivity contribution in [2.24, 2.45) is 7.05 Å². The quantitative estimate of drug-likeness (QED) is 0.663. The molecular weight excluding hydrogens is 174 g/mol. The SMILES string of the molecule is Cn1c(C2CCOC2)n[nH]c1=S. The third-order valence-corrected chi connectivity index (χ3v) is 2.57. The number of hydrogen-bond donors (Lipinski definition) is 1. The van der Waals surface area contributed by atoms with Crippen LogP contribution in [0.4, 0.5) is 0 Å². The highest BCUT2D eigenvalue weighted by Gasteiger charge is 2.21. The van der Waals surface area contributed by atoms with Gasteiger partial charge in [-0.3, -0.25) is 5.10 Å². The summed E-state index contributed by atoms with van der Waals surface area (Å²) in [5.41, 5.74) is 0. The molecule has 1 N–H and O–H groups in total. The smallest absolute Gasteiger partial charge is 0.194 e. The maximum atomic E-state index is 5.27. The van der Waals surface area contributed by atoms with Crippen LogP contribution in [-0.2, 0) is 11.8 Å². The van der Waals surface area contributed by atoms with Crippen LogP contribution in [0.5, 0.6) is 0 Å². The van der Waals surface area contributed by atoms with Gasteiger partial charge in [0.05, 0.1) is 6.61 Å². The van der Waals surface area contributed by atoms with E-state index in [1.165, 1.54) is 0 Å². The molecule has 12 heavy (non-hydrogen) atoms. The number of aromatic nitrogens is 3. The maximum Gasteiger partial charge on any atom is 0.194 e. The largest absolute Gasteiger partial charge is 0.381 e. The van der Waals surface area contributed by atoms with Crippen molar-refractivity contribution in [2.45, 2.75) is 12.3 Å². The van der Waals surface area contributed by atoms with Gasteiger partial charge >= 0.3 is 0 Å². The van der Waals surface area contributed by atoms with Crippen molar-refractivity contribution >= 4 is 12.2 Å². The van der Waals surface area contributed by atoms with Crippen molar-refractivity contribution in [1.29, 1.82) is 0 Å². The van der Waals surface area contributed by atoms with Gasteiger partial charge in [-0.15, -0.1) is 0 Å². The van der Waals surface area contributed by atoms with E-state index in [9.17, 15) is 0 Å². The Morgan fingerprint density at radius 1 is 1.75 bits per heavy atom. The molecule has 1 aliphatic rings. The van der Waals surface area contributed by atoms with E-state index in [2.05, 4.69) is 10.2 Å². The van der Waals surface area contributed by atoms with E-state index in [0.29, 0.717) is 10.7 Å². The molecule has 1 aromatic rings. The summed E-state index contributed by atoms with van der Waals surface area (Å²) in [6.07, 6.45) is 1.05. The summed E-state index contributed by atoms with van der Waals surface area (Å²) in [5, 5.41) is 6.94. The summed E-state index contributed by atoms with van der Waals surface area (Å²) in [6, 6.07) is 0. The average molecular weight is 185 g/mol. The fourth-order valence-corrected chi connectivity index (χ4v) is 1.60. The van der Waals surface area contributed by atoms with E-state index in [4.69, 9.17) is 17.0 Å². The Labute approximate surface area is 75.5 Å². The maximum absolute atomic E-state index is 5.27. The zero-order valence-corrected chi connectivity index (χ0v) is 7.73. The van der Waals surface area contributed by atoms with Gasteiger partial charge in [0.25, 0.3) is 0 Å². The lowest BCUT2D eigenvalue weighted by atomic mass is 10.1. The molecule has 0 bridgehead atoms. The second-order valence-corrected chi connectivity index (χ2v) is 3.39. The monoisotopic (exact) mass is 185 g/mol. The highest BCUT2D eigenvalue weighted by Crippen LogP contribution is 2.22. The van der Waals surface area contributed by atoms with Crippen molar-refractivity contribution in [3.8, 4) is 0 Å². The van der Waals surface area contributed by atoms with Gasteiger partial charge in [-0.25, -0.2) is 0 Å². The van der Waals surface area contributed by atoms with Crippen LogP contribution < -0.4 is 0 Å². The zero-order chi connectivity index (χ0) is 8.55. The van der Waals surface area contributed by atoms with Crippen LogP contribution in [0.2, 0.25) is 0 Å². The number of ether oxygens (including phenoxy) is 1. The topological polar surface area (TPSA) is 42.8 Å². The first-order valence-corrected chi connectivity index (χ1v) is 4.39. The molecule has 1 fully saturated rings. The van der Waals surface area contributed by atoms with E-state index in [1.807, 2.05) is 11.6 Å². The summed E-state index contributed by atoms with van der Waals surface area (Å²) in [5.74, 6) is 1.43. The summed E-state index contributed by atoms with van der Waals surface area (Å²) in [4.78, 5) is 0. The molecule has 1 aromatic heterocycles. The molecule has 1 saturated heterocycles. The fraction of sp³-hybridized carbons (Fsp3) is 0.714. The number of aromatic amines is 1. The third kappa shape index (κ3) is 1.19. The van der Waals surface area contributed by atoms with Gasteiger partial charge in [-0.2, -0.15) is 5.10 Å². The first-order valence-electron chi connectivity index (χ1n) is 3.98. The van der Waals surface area contributed by atoms with Crippen molar-refractivity contribution < 1.29 is 4.74 Å². The first kappa shape index (κ1) is 7.94. The van der Waals surface area contributed by atoms with Gasteiger partial charge in [-0.1, -0.05) is 0 Å². The average Bonchev–Trinajstić information content (AvgIpc) is 2.64. The molecule has 5 heteroatoms. The molecule has 4 nitrogen and oxygen atoms in total. The summed E-state index contributed by atoms with van der Waals surface area (Å²) >= 11 is 5.01. The van der Waals surface area contributed by atoms with Crippen LogP contribution >= 0.6 is 12.2 Å². The minimum atomic E-state index is 0.419. The first-order chi connectivity index (χ1) is 5.79. The van der Waals surface area contributed by atoms with Crippen LogP contribution in [0.15, 0.2) is 0 Å². The highest BCUT2D eigenvalue weighted by atomic mass is 32.1. The fourth-order valence-electron chi connectivity index (χ4n) is 1.46. The van der Waals surface area contributed by atoms with Crippen LogP contribution in [-0.4, -0.2) is 28.0 Å². The normalized spacial score (nSPS) is 23.2. The Morgan fingerprint density at radius 2 is 2.58 bits per heavy atom. The Bertz CT molecular complexity index is 324. The molecule has 0 aromatic carbocycles. The van der Waals surface area contributed by atoms with Gasteiger partial charge in [0.15, 0.2) is 4.77 Å². The molecule has 0 saturated carbocycles. The molecule has 0 amide bonds. The molecule has 0 radical (unpaired) electrons. The summed E-state index contributed by atoms with van der Waals surface area (Å²) in [7, 11) is 1.93. The lowest BCUT2D eigenvalue weighted by molar-refractivity contribution is 0.192. The number of hydrogen-bond acceptors (Lipinski definition) is 3. The Balaban J connectivity index is 2.32. The Hall–Kier alpha value is -0.680. The molecule has 1 unspecified atom stereocenters. The minimum absolute atomic E-state index is 0.419. The summed E-state index contributed by atoms with van der Waals surface area (Å²) < 4.78 is 7.86. The molecule has 1 atom stereocenters. The molecule has 0 aliphatic carbocycles. The van der Waals surface area contributed by atoms with Crippen LogP contribution in [0.1, 0.15) is 18.2 Å². The Morgan fingerprint density at radius 3 is 3.08 bits per heavy atom. The molecule has 1 aliphatic heterocycles. The van der Waals surface area contributed by atoms with Crippen LogP contribution in [0.25, 0.3) is 0 Å². The predicted molar refractivity (Wildman–Crippen MR) is 46.6 cm³/mol. The molecule has 2 heterocycles. The number of nitrogens with one attached hydrogen (secondary N) is 1. The van der Waals surface area contributed by atoms with Crippen molar-refractivity contribution in [1.82, 2.24) is 14.8 Å². The number of H-pyrrole nitrogens is 1. The lowest BCUT2D eigenvalue weighted by Crippen LogP contribution is -2.05. The second kappa shape index (κ2) is 2.99. The molecule has 66 valence electrons. The van der Waals surface area contributed by atoms with Crippen LogP contribution in [0.3, 0.4) is 0 Å². The third-order valence-electron chi connectivity index (χ3n) is 2.21. The van der Waals surface area contributed by atoms with E-state index >= 15 is 0 Å². The van der Waals surface area contributed by atoms with Crippen molar-refractivity contribution in [3.63, 3.8) is 0 Å². The van der Waals surface area contributed by atoms with Crippen LogP contribution in [0, 0.1) is 4.77 Å². The highest BCUT2D eigenvalue weighted by molar-refractivity contribution is 7.71. The predicted octanol–water partition coefficient (Wildman–Crippen LogP) is 0.982. The zero-order valence-electron chi connectivity index (χ0n) is 6.91. The summed E-state index contributed by atoms with van der Waals surface area (Å²) in [6.45, 7) is 1.61. The second-order valence-electron chi connectivity index (χ2n) is 3.01. The van der Waals surface area contributed by atoms with Crippen molar-refractivity contribution in [2.75, 3.05) is 13.2 Å². The van der Waals surface area contributed by atoms with Gasteiger partial charge in [0.1, 0.15) is 5.82 Å². The van der Waals surface area contributed by atoms with E-state index in [1.54, 1.807) is 0 Å². The number of rotatable bonds is 1. The van der Waals surface area contributed by atoms with Gasteiger partial charge < -0.3 is 9.30 Å². The van der Waals surface area contributed by atoms with E-state index < -0.39 is 0 Å². The van der Waals surface area contributed by atoms with Gasteiger partial charge in [-0.05, 0) is 18.6 Å². The van der Waals surface area contributed by atoms with Gasteiger partial charge in [0, 0.05) is 19.6 Å². The van der Waals surface area contributed by atoms with Crippen molar-refractivity contribution in [3.05, 3.63) is 10.6 Å². The molecular formula is C7H11N3OS. The number of nitrogens with zero attached hydrogens (tertiary/aromatic N) is 2. The van der Waals surface area contributed by atoms with Gasteiger partial charge in [0.2, 0.25) is 0 Å². The molecule has 2 rings (SSSR count). The standard InChI is InChI=1S/C7H11N3OS/c1-10-6(8-9-7(10)12)5-2-3-11-4-5/h5H,2-4H2,1H3,(H,9,12). The van der Waals surface area contributed by atoms with E-state index in [-0.39, 0.29) is 0 Å². The lowest BCUT2D eigenvalue weighted by Gasteiger charge is -2.04.